The summed E-state index contributed by atoms with van der Waals surface area (Å²) < 4.78 is 23.1. The number of phosphoric ester groups is 1. The summed E-state index contributed by atoms with van der Waals surface area (Å²) in [6, 6.07) is 25.5. The van der Waals surface area contributed by atoms with Crippen molar-refractivity contribution in [3.05, 3.63) is 131 Å². The molecule has 4 amide bonds. The van der Waals surface area contributed by atoms with Crippen LogP contribution in [0, 0.1) is 0 Å². The second kappa shape index (κ2) is 16.5. The van der Waals surface area contributed by atoms with Gasteiger partial charge in [0.25, 0.3) is 23.6 Å². The predicted octanol–water partition coefficient (Wildman–Crippen LogP) is 7.53. The van der Waals surface area contributed by atoms with Gasteiger partial charge >= 0.3 is 7.82 Å². The summed E-state index contributed by atoms with van der Waals surface area (Å²) in [7, 11) is -4.93. The molecule has 2 N–H and O–H groups in total. The zero-order valence-electron chi connectivity index (χ0n) is 31.2. The molecule has 300 valence electrons. The van der Waals surface area contributed by atoms with E-state index >= 15 is 0 Å². The van der Waals surface area contributed by atoms with Gasteiger partial charge in [-0.25, -0.2) is 4.57 Å². The lowest BCUT2D eigenvalue weighted by Gasteiger charge is -2.18. The minimum atomic E-state index is -4.93. The van der Waals surface area contributed by atoms with Gasteiger partial charge in [-0.05, 0) is 57.1 Å². The number of rotatable bonds is 12. The summed E-state index contributed by atoms with van der Waals surface area (Å²) in [5, 5.41) is 3.26. The number of benzene rings is 5. The quantitative estimate of drug-likeness (QED) is 0.0561. The average Bonchev–Trinajstić information content (AvgIpc) is 3.91. The molecular weight excluding hydrogens is 816 g/mol. The zero-order valence-corrected chi connectivity index (χ0v) is 33.6. The Morgan fingerprint density at radius 1 is 0.729 bits per heavy atom. The van der Waals surface area contributed by atoms with Crippen LogP contribution in [0.15, 0.2) is 109 Å². The third kappa shape index (κ3) is 8.02. The highest BCUT2D eigenvalue weighted by molar-refractivity contribution is 7.46. The van der Waals surface area contributed by atoms with Gasteiger partial charge in [-0.3, -0.25) is 33.9 Å². The van der Waals surface area contributed by atoms with Gasteiger partial charge in [0.1, 0.15) is 18.1 Å². The SMILES string of the molecule is O=C1C=CC(=O)N1CCOc1cc(C=CC(=O)N2C[C@@H](CCl)c3c2cc(OP(=O)(O)O)c2ccccc32)ccc1C=CC(=O)N1C[C@@H](CCl)c2c1ccc1ccccc21. The van der Waals surface area contributed by atoms with Crippen molar-refractivity contribution in [2.24, 2.45) is 0 Å². The lowest BCUT2D eigenvalue weighted by molar-refractivity contribution is -0.137. The van der Waals surface area contributed by atoms with Crippen molar-refractivity contribution in [3.63, 3.8) is 0 Å². The number of halogens is 2. The number of hydrogen-bond donors (Lipinski definition) is 2. The lowest BCUT2D eigenvalue weighted by atomic mass is 9.95. The summed E-state index contributed by atoms with van der Waals surface area (Å²) in [4.78, 5) is 75.5. The van der Waals surface area contributed by atoms with Crippen LogP contribution in [0.4, 0.5) is 11.4 Å². The molecule has 0 radical (unpaired) electrons. The molecule has 0 unspecified atom stereocenters. The van der Waals surface area contributed by atoms with E-state index in [9.17, 15) is 33.5 Å². The number of ether oxygens (including phenoxy) is 1. The monoisotopic (exact) mass is 851 g/mol. The van der Waals surface area contributed by atoms with E-state index in [1.807, 2.05) is 36.4 Å². The Balaban J connectivity index is 1.07. The van der Waals surface area contributed by atoms with Crippen molar-refractivity contribution < 1.29 is 42.8 Å². The number of imide groups is 1. The molecule has 0 saturated carbocycles. The van der Waals surface area contributed by atoms with Gasteiger partial charge < -0.3 is 19.1 Å². The number of nitrogens with zero attached hydrogens (tertiary/aromatic N) is 3. The number of fused-ring (bicyclic) bond motifs is 6. The van der Waals surface area contributed by atoms with Crippen LogP contribution in [-0.2, 0) is 23.7 Å². The molecular formula is C44H36Cl2N3O9P. The summed E-state index contributed by atoms with van der Waals surface area (Å²) >= 11 is 12.8. The lowest BCUT2D eigenvalue weighted by Crippen LogP contribution is -2.33. The van der Waals surface area contributed by atoms with Crippen molar-refractivity contribution in [3.8, 4) is 11.5 Å². The first-order valence-electron chi connectivity index (χ1n) is 18.7. The van der Waals surface area contributed by atoms with Crippen molar-refractivity contribution >= 4 is 99.7 Å². The average molecular weight is 853 g/mol. The predicted molar refractivity (Wildman–Crippen MR) is 228 cm³/mol. The molecule has 3 aliphatic heterocycles. The Bertz CT molecular complexity index is 2680. The van der Waals surface area contributed by atoms with Crippen molar-refractivity contribution in [1.82, 2.24) is 4.90 Å². The number of anilines is 2. The van der Waals surface area contributed by atoms with E-state index in [4.69, 9.17) is 32.5 Å². The van der Waals surface area contributed by atoms with Gasteiger partial charge in [0.2, 0.25) is 0 Å². The Morgan fingerprint density at radius 2 is 1.34 bits per heavy atom. The van der Waals surface area contributed by atoms with Crippen molar-refractivity contribution in [2.75, 3.05) is 47.8 Å². The number of hydrogen-bond acceptors (Lipinski definition) is 7. The van der Waals surface area contributed by atoms with Crippen LogP contribution in [0.1, 0.15) is 34.1 Å². The maximum Gasteiger partial charge on any atom is 0.524 e. The summed E-state index contributed by atoms with van der Waals surface area (Å²) in [5.74, 6) is -1.04. The highest BCUT2D eigenvalue weighted by Gasteiger charge is 2.35. The summed E-state index contributed by atoms with van der Waals surface area (Å²) in [6.07, 6.45) is 8.44. The van der Waals surface area contributed by atoms with E-state index in [0.29, 0.717) is 45.8 Å². The standard InChI is InChI=1S/C44H36Cl2N3O9P/c45-23-30-25-48(35-14-12-28-5-1-2-6-32(28)43(30)35)42(53)16-13-29-11-9-27(21-37(29)57-20-19-47-39(50)17-18-40(47)51)10-15-41(52)49-26-31(24-46)44-34-8-4-3-7-33(34)38(22-36(44)49)58-59(54,55)56/h1-18,21-22,30-31H,19-20,23-26H2,(H2,54,55,56)/t30-,31-/m1/s1. The molecule has 5 aromatic carbocycles. The number of carbonyl (C=O) groups is 4. The maximum absolute atomic E-state index is 13.8. The fourth-order valence-corrected chi connectivity index (χ4v) is 8.88. The first-order valence-corrected chi connectivity index (χ1v) is 21.3. The van der Waals surface area contributed by atoms with Gasteiger partial charge in [-0.2, -0.15) is 0 Å². The minimum Gasteiger partial charge on any atom is -0.491 e. The van der Waals surface area contributed by atoms with Crippen LogP contribution in [0.3, 0.4) is 0 Å². The highest BCUT2D eigenvalue weighted by Crippen LogP contribution is 2.49. The maximum atomic E-state index is 13.8. The van der Waals surface area contributed by atoms with E-state index in [2.05, 4.69) is 0 Å². The number of alkyl halides is 2. The topological polar surface area (TPSA) is 154 Å². The largest absolute Gasteiger partial charge is 0.524 e. The molecule has 59 heavy (non-hydrogen) atoms. The molecule has 0 aromatic heterocycles. The van der Waals surface area contributed by atoms with Crippen molar-refractivity contribution in [1.29, 1.82) is 0 Å². The van der Waals surface area contributed by atoms with Gasteiger partial charge in [-0.1, -0.05) is 66.7 Å². The Hall–Kier alpha value is -5.75. The van der Waals surface area contributed by atoms with Crippen molar-refractivity contribution in [2.45, 2.75) is 11.8 Å². The molecule has 8 rings (SSSR count). The molecule has 0 saturated heterocycles. The number of amides is 4. The molecule has 0 spiro atoms. The molecule has 15 heteroatoms. The normalized spacial score (nSPS) is 17.6. The first-order chi connectivity index (χ1) is 28.4. The Morgan fingerprint density at radius 3 is 2.02 bits per heavy atom. The molecule has 3 aliphatic rings. The zero-order chi connectivity index (χ0) is 41.4. The van der Waals surface area contributed by atoms with Gasteiger partial charge in [0.15, 0.2) is 0 Å². The Labute approximate surface area is 348 Å². The summed E-state index contributed by atoms with van der Waals surface area (Å²) in [6.45, 7) is 0.595. The molecule has 0 fully saturated rings. The first kappa shape index (κ1) is 40.0. The summed E-state index contributed by atoms with van der Waals surface area (Å²) in [5.41, 5.74) is 4.13. The van der Waals surface area contributed by atoms with E-state index < -0.39 is 25.5 Å². The van der Waals surface area contributed by atoms with Crippen LogP contribution in [0.5, 0.6) is 11.5 Å². The van der Waals surface area contributed by atoms with Gasteiger partial charge in [0.05, 0.1) is 12.2 Å². The molecule has 2 atom stereocenters. The van der Waals surface area contributed by atoms with E-state index in [1.165, 1.54) is 35.3 Å². The van der Waals surface area contributed by atoms with Crippen LogP contribution < -0.4 is 19.1 Å². The third-order valence-corrected chi connectivity index (χ3v) is 11.8. The molecule has 0 bridgehead atoms. The van der Waals surface area contributed by atoms with Crippen LogP contribution in [0.25, 0.3) is 33.7 Å². The molecule has 12 nitrogen and oxygen atoms in total. The molecule has 3 heterocycles. The second-order valence-corrected chi connectivity index (χ2v) is 16.0. The second-order valence-electron chi connectivity index (χ2n) is 14.2. The van der Waals surface area contributed by atoms with E-state index in [-0.39, 0.29) is 49.1 Å². The molecule has 5 aromatic rings. The number of phosphoric acid groups is 1. The fourth-order valence-electron chi connectivity index (χ4n) is 7.97. The fraction of sp³-hybridized carbons (Fsp3) is 0.182. The molecule has 0 aliphatic carbocycles. The van der Waals surface area contributed by atoms with Crippen LogP contribution in [-0.4, -0.2) is 76.3 Å². The minimum absolute atomic E-state index is 0.0118. The number of carbonyl (C=O) groups excluding carboxylic acids is 4. The van der Waals surface area contributed by atoms with E-state index in [1.54, 1.807) is 59.5 Å². The van der Waals surface area contributed by atoms with E-state index in [0.717, 1.165) is 32.5 Å². The third-order valence-electron chi connectivity index (χ3n) is 10.6. The van der Waals surface area contributed by atoms with Crippen LogP contribution >= 0.6 is 31.0 Å². The van der Waals surface area contributed by atoms with Gasteiger partial charge in [-0.15, -0.1) is 23.2 Å². The van der Waals surface area contributed by atoms with Crippen LogP contribution in [0.2, 0.25) is 0 Å². The highest BCUT2D eigenvalue weighted by atomic mass is 35.5. The Kier molecular flexibility index (Phi) is 11.2. The van der Waals surface area contributed by atoms with Gasteiger partial charge in [0, 0.05) is 83.7 Å². The smallest absolute Gasteiger partial charge is 0.491 e.